The number of hydrogen-bond acceptors (Lipinski definition) is 6. The Morgan fingerprint density at radius 1 is 1.50 bits per heavy atom. The van der Waals surface area contributed by atoms with E-state index in [-0.39, 0.29) is 12.4 Å². The molecule has 0 aliphatic heterocycles. The van der Waals surface area contributed by atoms with Crippen LogP contribution in [-0.4, -0.2) is 32.7 Å². The first-order valence-corrected chi connectivity index (χ1v) is 5.33. The van der Waals surface area contributed by atoms with Crippen LogP contribution in [0, 0.1) is 0 Å². The quantitative estimate of drug-likeness (QED) is 0.774. The summed E-state index contributed by atoms with van der Waals surface area (Å²) >= 11 is 3.26. The van der Waals surface area contributed by atoms with Gasteiger partial charge in [0.1, 0.15) is 5.52 Å². The molecule has 82 valence electrons. The summed E-state index contributed by atoms with van der Waals surface area (Å²) in [6.07, 6.45) is 1.59. The van der Waals surface area contributed by atoms with Gasteiger partial charge in [-0.05, 0) is 28.9 Å². The summed E-state index contributed by atoms with van der Waals surface area (Å²) in [6.45, 7) is 1.99. The molecule has 0 aromatic carbocycles. The minimum Gasteiger partial charge on any atom is -0.460 e. The molecule has 2 heterocycles. The summed E-state index contributed by atoms with van der Waals surface area (Å²) in [5.74, 6) is -0.647. The maximum Gasteiger partial charge on any atom is 0.378 e. The van der Waals surface area contributed by atoms with E-state index in [1.54, 1.807) is 19.2 Å². The minimum atomic E-state index is -0.586. The summed E-state index contributed by atoms with van der Waals surface area (Å²) in [7, 11) is 0. The van der Waals surface area contributed by atoms with E-state index in [9.17, 15) is 4.79 Å². The molecular formula is C9H7BrN4O2. The smallest absolute Gasteiger partial charge is 0.378 e. The molecule has 0 unspecified atom stereocenters. The highest BCUT2D eigenvalue weighted by molar-refractivity contribution is 9.10. The molecule has 0 bridgehead atoms. The molecule has 16 heavy (non-hydrogen) atoms. The Morgan fingerprint density at radius 3 is 3.06 bits per heavy atom. The first kappa shape index (κ1) is 10.9. The summed E-state index contributed by atoms with van der Waals surface area (Å²) < 4.78 is 5.53. The van der Waals surface area contributed by atoms with E-state index in [0.29, 0.717) is 11.2 Å². The predicted molar refractivity (Wildman–Crippen MR) is 58.8 cm³/mol. The van der Waals surface area contributed by atoms with Gasteiger partial charge in [-0.1, -0.05) is 0 Å². The van der Waals surface area contributed by atoms with Crippen molar-refractivity contribution in [3.05, 3.63) is 22.6 Å². The van der Waals surface area contributed by atoms with Gasteiger partial charge in [-0.25, -0.2) is 14.8 Å². The van der Waals surface area contributed by atoms with Crippen molar-refractivity contribution in [3.63, 3.8) is 0 Å². The van der Waals surface area contributed by atoms with Gasteiger partial charge in [0, 0.05) is 10.7 Å². The Balaban J connectivity index is 2.46. The third-order valence-corrected chi connectivity index (χ3v) is 2.17. The van der Waals surface area contributed by atoms with Gasteiger partial charge >= 0.3 is 5.97 Å². The van der Waals surface area contributed by atoms with Crippen molar-refractivity contribution in [1.29, 1.82) is 0 Å². The number of pyridine rings is 1. The van der Waals surface area contributed by atoms with Crippen LogP contribution in [-0.2, 0) is 4.74 Å². The third-order valence-electron chi connectivity index (χ3n) is 1.74. The van der Waals surface area contributed by atoms with Gasteiger partial charge in [-0.3, -0.25) is 0 Å². The highest BCUT2D eigenvalue weighted by Crippen LogP contribution is 2.13. The van der Waals surface area contributed by atoms with E-state index in [4.69, 9.17) is 4.74 Å². The number of carbonyl (C=O) groups is 1. The Bertz CT molecular complexity index is 546. The van der Waals surface area contributed by atoms with Crippen LogP contribution in [0.1, 0.15) is 17.5 Å². The van der Waals surface area contributed by atoms with E-state index in [1.807, 2.05) is 0 Å². The molecule has 0 amide bonds. The number of nitrogens with zero attached hydrogens (tertiary/aromatic N) is 4. The number of rotatable bonds is 2. The van der Waals surface area contributed by atoms with Crippen LogP contribution in [0.4, 0.5) is 0 Å². The zero-order valence-corrected chi connectivity index (χ0v) is 9.93. The van der Waals surface area contributed by atoms with Gasteiger partial charge in [0.2, 0.25) is 5.65 Å². The van der Waals surface area contributed by atoms with Crippen LogP contribution >= 0.6 is 15.9 Å². The Morgan fingerprint density at radius 2 is 2.31 bits per heavy atom. The number of hydrogen-bond donors (Lipinski definition) is 0. The fourth-order valence-corrected chi connectivity index (χ4v) is 1.41. The van der Waals surface area contributed by atoms with E-state index in [1.165, 1.54) is 0 Å². The lowest BCUT2D eigenvalue weighted by Gasteiger charge is -2.00. The Labute approximate surface area is 99.2 Å². The van der Waals surface area contributed by atoms with E-state index in [0.717, 1.165) is 4.47 Å². The lowest BCUT2D eigenvalue weighted by atomic mass is 10.4. The SMILES string of the molecule is CCOC(=O)c1nnc2ncc(Br)cc2n1. The average molecular weight is 283 g/mol. The molecular weight excluding hydrogens is 276 g/mol. The molecule has 0 fully saturated rings. The molecule has 2 aromatic heterocycles. The molecule has 0 aliphatic carbocycles. The normalized spacial score (nSPS) is 10.4. The number of ether oxygens (including phenoxy) is 1. The average Bonchev–Trinajstić information content (AvgIpc) is 2.28. The molecule has 0 N–H and O–H groups in total. The number of aromatic nitrogens is 4. The lowest BCUT2D eigenvalue weighted by Crippen LogP contribution is -2.11. The molecule has 0 radical (unpaired) electrons. The van der Waals surface area contributed by atoms with Crippen molar-refractivity contribution in [3.8, 4) is 0 Å². The van der Waals surface area contributed by atoms with Crippen molar-refractivity contribution in [2.24, 2.45) is 0 Å². The van der Waals surface area contributed by atoms with E-state index >= 15 is 0 Å². The second kappa shape index (κ2) is 4.48. The zero-order valence-electron chi connectivity index (χ0n) is 8.35. The molecule has 0 spiro atoms. The highest BCUT2D eigenvalue weighted by Gasteiger charge is 2.12. The molecule has 0 aliphatic rings. The summed E-state index contributed by atoms with van der Waals surface area (Å²) in [5, 5.41) is 7.42. The largest absolute Gasteiger partial charge is 0.460 e. The third kappa shape index (κ3) is 2.13. The Kier molecular flexibility index (Phi) is 3.04. The zero-order chi connectivity index (χ0) is 11.5. The van der Waals surface area contributed by atoms with E-state index in [2.05, 4.69) is 36.1 Å². The molecule has 2 rings (SSSR count). The van der Waals surface area contributed by atoms with Crippen molar-refractivity contribution < 1.29 is 9.53 Å². The molecule has 7 heteroatoms. The maximum absolute atomic E-state index is 11.4. The topological polar surface area (TPSA) is 77.9 Å². The first-order chi connectivity index (χ1) is 7.70. The highest BCUT2D eigenvalue weighted by atomic mass is 79.9. The maximum atomic E-state index is 11.4. The molecule has 0 saturated heterocycles. The molecule has 0 atom stereocenters. The van der Waals surface area contributed by atoms with Gasteiger partial charge in [0.15, 0.2) is 0 Å². The first-order valence-electron chi connectivity index (χ1n) is 4.54. The van der Waals surface area contributed by atoms with Crippen LogP contribution in [0.5, 0.6) is 0 Å². The fraction of sp³-hybridized carbons (Fsp3) is 0.222. The molecule has 2 aromatic rings. The van der Waals surface area contributed by atoms with Crippen LogP contribution in [0.15, 0.2) is 16.7 Å². The van der Waals surface area contributed by atoms with Crippen LogP contribution < -0.4 is 0 Å². The number of fused-ring (bicyclic) bond motifs is 1. The monoisotopic (exact) mass is 282 g/mol. The summed E-state index contributed by atoms with van der Waals surface area (Å²) in [6, 6.07) is 1.71. The van der Waals surface area contributed by atoms with Gasteiger partial charge in [0.25, 0.3) is 5.82 Å². The second-order valence-electron chi connectivity index (χ2n) is 2.85. The lowest BCUT2D eigenvalue weighted by molar-refractivity contribution is 0.0511. The van der Waals surface area contributed by atoms with Crippen LogP contribution in [0.25, 0.3) is 11.2 Å². The van der Waals surface area contributed by atoms with Crippen molar-refractivity contribution in [2.75, 3.05) is 6.61 Å². The van der Waals surface area contributed by atoms with Crippen LogP contribution in [0.2, 0.25) is 0 Å². The van der Waals surface area contributed by atoms with Crippen molar-refractivity contribution >= 4 is 33.1 Å². The van der Waals surface area contributed by atoms with Gasteiger partial charge in [-0.2, -0.15) is 0 Å². The van der Waals surface area contributed by atoms with Gasteiger partial charge < -0.3 is 4.74 Å². The van der Waals surface area contributed by atoms with Gasteiger partial charge in [0.05, 0.1) is 6.61 Å². The minimum absolute atomic E-state index is 0.0609. The van der Waals surface area contributed by atoms with Crippen molar-refractivity contribution in [2.45, 2.75) is 6.92 Å². The van der Waals surface area contributed by atoms with Crippen molar-refractivity contribution in [1.82, 2.24) is 20.2 Å². The molecule has 6 nitrogen and oxygen atoms in total. The number of esters is 1. The van der Waals surface area contributed by atoms with Crippen LogP contribution in [0.3, 0.4) is 0 Å². The standard InChI is InChI=1S/C9H7BrN4O2/c1-2-16-9(15)8-12-6-3-5(10)4-11-7(6)13-14-8/h3-4H,2H2,1H3. The summed E-state index contributed by atoms with van der Waals surface area (Å²) in [5.41, 5.74) is 0.878. The fourth-order valence-electron chi connectivity index (χ4n) is 1.09. The Hall–Kier alpha value is -1.63. The predicted octanol–water partition coefficient (Wildman–Crippen LogP) is 1.36. The van der Waals surface area contributed by atoms with Gasteiger partial charge in [-0.15, -0.1) is 10.2 Å². The second-order valence-corrected chi connectivity index (χ2v) is 3.77. The van der Waals surface area contributed by atoms with E-state index < -0.39 is 5.97 Å². The number of halogens is 1. The summed E-state index contributed by atoms with van der Waals surface area (Å²) in [4.78, 5) is 19.4. The molecule has 0 saturated carbocycles. The number of carbonyl (C=O) groups excluding carboxylic acids is 1.